The molecule has 3 rings (SSSR count). The van der Waals surface area contributed by atoms with E-state index in [0.717, 1.165) is 12.8 Å². The van der Waals surface area contributed by atoms with Crippen LogP contribution in [0.3, 0.4) is 0 Å². The van der Waals surface area contributed by atoms with Crippen LogP contribution < -0.4 is 10.1 Å². The van der Waals surface area contributed by atoms with Crippen LogP contribution in [0.25, 0.3) is 0 Å². The predicted octanol–water partition coefficient (Wildman–Crippen LogP) is 1.90. The molecule has 0 aromatic carbocycles. The highest BCUT2D eigenvalue weighted by atomic mass is 32.1. The van der Waals surface area contributed by atoms with E-state index in [4.69, 9.17) is 4.74 Å². The van der Waals surface area contributed by atoms with Gasteiger partial charge in [-0.15, -0.1) is 5.10 Å². The van der Waals surface area contributed by atoms with Gasteiger partial charge in [-0.3, -0.25) is 14.7 Å². The lowest BCUT2D eigenvalue weighted by Gasteiger charge is -2.32. The quantitative estimate of drug-likeness (QED) is 0.864. The van der Waals surface area contributed by atoms with Gasteiger partial charge in [0.15, 0.2) is 0 Å². The smallest absolute Gasteiger partial charge is 0.272 e. The van der Waals surface area contributed by atoms with Crippen molar-refractivity contribution >= 4 is 23.2 Å². The van der Waals surface area contributed by atoms with Crippen molar-refractivity contribution in [2.24, 2.45) is 0 Å². The first-order valence-electron chi connectivity index (χ1n) is 7.98. The second-order valence-corrected chi connectivity index (χ2v) is 6.38. The van der Waals surface area contributed by atoms with Crippen molar-refractivity contribution in [1.29, 1.82) is 0 Å². The number of nitrogens with one attached hydrogen (secondary N) is 2. The van der Waals surface area contributed by atoms with Crippen LogP contribution in [0, 0.1) is 0 Å². The minimum Gasteiger partial charge on any atom is -0.477 e. The second-order valence-electron chi connectivity index (χ2n) is 5.60. The zero-order valence-corrected chi connectivity index (χ0v) is 14.3. The van der Waals surface area contributed by atoms with Crippen molar-refractivity contribution in [1.82, 2.24) is 20.4 Å². The first kappa shape index (κ1) is 16.5. The average molecular weight is 348 g/mol. The number of carbonyl (C=O) groups is 2. The summed E-state index contributed by atoms with van der Waals surface area (Å²) in [6.45, 7) is 3.59. The third-order valence-corrected chi connectivity index (χ3v) is 4.66. The van der Waals surface area contributed by atoms with Crippen molar-refractivity contribution < 1.29 is 14.3 Å². The number of aromatic amines is 1. The van der Waals surface area contributed by atoms with Gasteiger partial charge >= 0.3 is 0 Å². The van der Waals surface area contributed by atoms with Crippen molar-refractivity contribution in [2.75, 3.05) is 19.7 Å². The Balaban J connectivity index is 1.50. The van der Waals surface area contributed by atoms with Crippen LogP contribution in [-0.2, 0) is 0 Å². The summed E-state index contributed by atoms with van der Waals surface area (Å²) in [5.74, 6) is 0.297. The zero-order chi connectivity index (χ0) is 16.9. The molecule has 0 aliphatic carbocycles. The fraction of sp³-hybridized carbons (Fsp3) is 0.438. The molecule has 1 aliphatic rings. The van der Waals surface area contributed by atoms with E-state index in [9.17, 15) is 9.59 Å². The fourth-order valence-electron chi connectivity index (χ4n) is 2.69. The third kappa shape index (κ3) is 3.76. The molecule has 0 bridgehead atoms. The number of rotatable bonds is 5. The fourth-order valence-corrected chi connectivity index (χ4v) is 3.33. The molecule has 0 spiro atoms. The molecule has 2 amide bonds. The maximum atomic E-state index is 12.4. The molecular formula is C16H20N4O3S. The highest BCUT2D eigenvalue weighted by molar-refractivity contribution is 7.08. The monoisotopic (exact) mass is 348 g/mol. The summed E-state index contributed by atoms with van der Waals surface area (Å²) >= 11 is 1.50. The van der Waals surface area contributed by atoms with E-state index in [2.05, 4.69) is 15.5 Å². The molecule has 128 valence electrons. The SMILES string of the molecule is CCOc1cc(C(=O)N2CCC(NC(=O)c3ccsc3)CC2)[nH]n1. The number of ether oxygens (including phenoxy) is 1. The summed E-state index contributed by atoms with van der Waals surface area (Å²) in [6.07, 6.45) is 1.49. The van der Waals surface area contributed by atoms with Gasteiger partial charge in [0.05, 0.1) is 6.61 Å². The Morgan fingerprint density at radius 2 is 2.25 bits per heavy atom. The molecule has 3 heterocycles. The maximum absolute atomic E-state index is 12.4. The number of hydrogen-bond acceptors (Lipinski definition) is 5. The molecule has 0 radical (unpaired) electrons. The first-order valence-corrected chi connectivity index (χ1v) is 8.92. The number of H-pyrrole nitrogens is 1. The summed E-state index contributed by atoms with van der Waals surface area (Å²) in [4.78, 5) is 26.3. The molecule has 0 unspecified atom stereocenters. The number of likely N-dealkylation sites (tertiary alicyclic amines) is 1. The molecular weight excluding hydrogens is 328 g/mol. The molecule has 1 fully saturated rings. The standard InChI is InChI=1S/C16H20N4O3S/c1-2-23-14-9-13(18-19-14)16(22)20-6-3-12(4-7-20)17-15(21)11-5-8-24-10-11/h5,8-10,12H,2-4,6-7H2,1H3,(H,17,21)(H,18,19). The number of hydrogen-bond donors (Lipinski definition) is 2. The minimum absolute atomic E-state index is 0.0454. The lowest BCUT2D eigenvalue weighted by Crippen LogP contribution is -2.46. The Bertz CT molecular complexity index is 690. The van der Waals surface area contributed by atoms with Gasteiger partial charge in [0, 0.05) is 36.1 Å². The molecule has 2 aromatic heterocycles. The summed E-state index contributed by atoms with van der Waals surface area (Å²) in [7, 11) is 0. The van der Waals surface area contributed by atoms with Gasteiger partial charge in [0.2, 0.25) is 5.88 Å². The van der Waals surface area contributed by atoms with Crippen LogP contribution >= 0.6 is 11.3 Å². The molecule has 1 aliphatic heterocycles. The largest absolute Gasteiger partial charge is 0.477 e. The van der Waals surface area contributed by atoms with Crippen molar-refractivity contribution in [3.05, 3.63) is 34.2 Å². The van der Waals surface area contributed by atoms with Crippen LogP contribution in [0.5, 0.6) is 5.88 Å². The maximum Gasteiger partial charge on any atom is 0.272 e. The highest BCUT2D eigenvalue weighted by Crippen LogP contribution is 2.16. The Morgan fingerprint density at radius 3 is 2.92 bits per heavy atom. The molecule has 1 saturated heterocycles. The Labute approximate surface area is 144 Å². The number of thiophene rings is 1. The molecule has 0 saturated carbocycles. The van der Waals surface area contributed by atoms with E-state index >= 15 is 0 Å². The second kappa shape index (κ2) is 7.48. The molecule has 8 heteroatoms. The zero-order valence-electron chi connectivity index (χ0n) is 13.4. The molecule has 2 N–H and O–H groups in total. The lowest BCUT2D eigenvalue weighted by molar-refractivity contribution is 0.0692. The number of amides is 2. The Hall–Kier alpha value is -2.35. The average Bonchev–Trinajstić information content (AvgIpc) is 3.27. The van der Waals surface area contributed by atoms with E-state index in [-0.39, 0.29) is 17.9 Å². The van der Waals surface area contributed by atoms with Crippen LogP contribution in [0.1, 0.15) is 40.6 Å². The summed E-state index contributed by atoms with van der Waals surface area (Å²) in [6, 6.07) is 3.53. The summed E-state index contributed by atoms with van der Waals surface area (Å²) in [5.41, 5.74) is 1.12. The van der Waals surface area contributed by atoms with E-state index in [1.165, 1.54) is 11.3 Å². The topological polar surface area (TPSA) is 87.3 Å². The summed E-state index contributed by atoms with van der Waals surface area (Å²) in [5, 5.41) is 13.4. The van der Waals surface area contributed by atoms with E-state index in [1.54, 1.807) is 11.0 Å². The number of piperidine rings is 1. The van der Waals surface area contributed by atoms with E-state index in [0.29, 0.717) is 36.8 Å². The lowest BCUT2D eigenvalue weighted by atomic mass is 10.0. The van der Waals surface area contributed by atoms with Gasteiger partial charge in [0.1, 0.15) is 5.69 Å². The van der Waals surface area contributed by atoms with Gasteiger partial charge < -0.3 is 15.0 Å². The van der Waals surface area contributed by atoms with Crippen LogP contribution in [0.15, 0.2) is 22.9 Å². The van der Waals surface area contributed by atoms with Crippen molar-refractivity contribution in [3.8, 4) is 5.88 Å². The normalized spacial score (nSPS) is 15.3. The first-order chi connectivity index (χ1) is 11.7. The van der Waals surface area contributed by atoms with Crippen molar-refractivity contribution in [3.63, 3.8) is 0 Å². The summed E-state index contributed by atoms with van der Waals surface area (Å²) < 4.78 is 5.26. The van der Waals surface area contributed by atoms with Gasteiger partial charge in [-0.2, -0.15) is 11.3 Å². The number of nitrogens with zero attached hydrogens (tertiary/aromatic N) is 2. The van der Waals surface area contributed by atoms with Crippen LogP contribution in [0.4, 0.5) is 0 Å². The molecule has 7 nitrogen and oxygen atoms in total. The molecule has 2 aromatic rings. The highest BCUT2D eigenvalue weighted by Gasteiger charge is 2.26. The molecule has 24 heavy (non-hydrogen) atoms. The number of aromatic nitrogens is 2. The van der Waals surface area contributed by atoms with Gasteiger partial charge in [-0.05, 0) is 31.2 Å². The van der Waals surface area contributed by atoms with Gasteiger partial charge in [-0.1, -0.05) is 0 Å². The van der Waals surface area contributed by atoms with Crippen LogP contribution in [-0.4, -0.2) is 52.6 Å². The Morgan fingerprint density at radius 1 is 1.46 bits per heavy atom. The third-order valence-electron chi connectivity index (χ3n) is 3.98. The van der Waals surface area contributed by atoms with Gasteiger partial charge in [-0.25, -0.2) is 0 Å². The molecule has 0 atom stereocenters. The van der Waals surface area contributed by atoms with E-state index < -0.39 is 0 Å². The number of carbonyl (C=O) groups excluding carboxylic acids is 2. The van der Waals surface area contributed by atoms with Crippen molar-refractivity contribution in [2.45, 2.75) is 25.8 Å². The predicted molar refractivity (Wildman–Crippen MR) is 90.5 cm³/mol. The van der Waals surface area contributed by atoms with Crippen LogP contribution in [0.2, 0.25) is 0 Å². The minimum atomic E-state index is -0.0870. The Kier molecular flexibility index (Phi) is 5.14. The van der Waals surface area contributed by atoms with Gasteiger partial charge in [0.25, 0.3) is 11.8 Å². The van der Waals surface area contributed by atoms with E-state index in [1.807, 2.05) is 23.8 Å².